The summed E-state index contributed by atoms with van der Waals surface area (Å²) in [6.07, 6.45) is 0. The Morgan fingerprint density at radius 1 is 1.30 bits per heavy atom. The highest BCUT2D eigenvalue weighted by atomic mass is 35.5. The van der Waals surface area contributed by atoms with E-state index in [1.807, 2.05) is 6.07 Å². The first kappa shape index (κ1) is 15.1. The molecule has 0 bridgehead atoms. The number of carbonyl (C=O) groups is 1. The number of rotatable bonds is 4. The van der Waals surface area contributed by atoms with E-state index in [0.717, 1.165) is 0 Å². The molecule has 1 aromatic heterocycles. The fourth-order valence-electron chi connectivity index (χ4n) is 2.30. The van der Waals surface area contributed by atoms with Crippen molar-refractivity contribution in [3.8, 4) is 11.8 Å². The highest BCUT2D eigenvalue weighted by molar-refractivity contribution is 6.31. The zero-order chi connectivity index (χ0) is 16.4. The Balaban J connectivity index is 1.96. The second-order valence-corrected chi connectivity index (χ2v) is 5.37. The van der Waals surface area contributed by atoms with E-state index in [1.54, 1.807) is 49.6 Å². The molecule has 0 saturated carbocycles. The van der Waals surface area contributed by atoms with Crippen LogP contribution in [-0.2, 0) is 0 Å². The predicted molar refractivity (Wildman–Crippen MR) is 86.8 cm³/mol. The summed E-state index contributed by atoms with van der Waals surface area (Å²) in [6.45, 7) is 0. The Hall–Kier alpha value is -2.84. The lowest BCUT2D eigenvalue weighted by molar-refractivity contribution is 0.0976. The highest BCUT2D eigenvalue weighted by Crippen LogP contribution is 2.24. The van der Waals surface area contributed by atoms with Gasteiger partial charge in [0.2, 0.25) is 0 Å². The van der Waals surface area contributed by atoms with Gasteiger partial charge in [-0.15, -0.1) is 0 Å². The number of Topliss-reactive ketones (excluding diaryl/α,β-unsaturated/α-hetero) is 1. The van der Waals surface area contributed by atoms with E-state index in [-0.39, 0.29) is 5.78 Å². The molecule has 0 spiro atoms. The average Bonchev–Trinajstić information content (AvgIpc) is 2.98. The standard InChI is InChI=1S/C17H12ClN3O2/c1-23-12-5-2-10(3-6-12)16(22)13(9-19)17-20-14-7-4-11(18)8-15(14)21-17/h2-8,13H,1H3,(H,20,21). The van der Waals surface area contributed by atoms with Gasteiger partial charge in [-0.1, -0.05) is 11.6 Å². The van der Waals surface area contributed by atoms with Crippen molar-refractivity contribution in [2.75, 3.05) is 7.11 Å². The van der Waals surface area contributed by atoms with Crippen LogP contribution in [0, 0.1) is 11.3 Å². The van der Waals surface area contributed by atoms with Crippen molar-refractivity contribution < 1.29 is 9.53 Å². The van der Waals surface area contributed by atoms with E-state index >= 15 is 0 Å². The number of ether oxygens (including phenoxy) is 1. The highest BCUT2D eigenvalue weighted by Gasteiger charge is 2.25. The van der Waals surface area contributed by atoms with E-state index in [9.17, 15) is 10.1 Å². The largest absolute Gasteiger partial charge is 0.497 e. The minimum Gasteiger partial charge on any atom is -0.497 e. The number of fused-ring (bicyclic) bond motifs is 1. The van der Waals surface area contributed by atoms with Crippen molar-refractivity contribution in [2.24, 2.45) is 0 Å². The van der Waals surface area contributed by atoms with Gasteiger partial charge in [-0.2, -0.15) is 5.26 Å². The molecule has 5 nitrogen and oxygen atoms in total. The summed E-state index contributed by atoms with van der Waals surface area (Å²) >= 11 is 5.94. The molecule has 0 aliphatic heterocycles. The maximum atomic E-state index is 12.6. The van der Waals surface area contributed by atoms with E-state index in [1.165, 1.54) is 0 Å². The fraction of sp³-hybridized carbons (Fsp3) is 0.118. The first-order valence-electron chi connectivity index (χ1n) is 6.85. The van der Waals surface area contributed by atoms with Crippen molar-refractivity contribution in [1.82, 2.24) is 9.97 Å². The molecule has 1 heterocycles. The minimum atomic E-state index is -1.01. The van der Waals surface area contributed by atoms with E-state index in [0.29, 0.717) is 33.2 Å². The summed E-state index contributed by atoms with van der Waals surface area (Å²) in [5.74, 6) is -0.367. The Kier molecular flexibility index (Phi) is 4.00. The Morgan fingerprint density at radius 3 is 2.70 bits per heavy atom. The first-order valence-corrected chi connectivity index (χ1v) is 7.23. The van der Waals surface area contributed by atoms with Crippen LogP contribution in [0.2, 0.25) is 5.02 Å². The lowest BCUT2D eigenvalue weighted by Crippen LogP contribution is -2.12. The number of halogens is 1. The fourth-order valence-corrected chi connectivity index (χ4v) is 2.48. The van der Waals surface area contributed by atoms with Gasteiger partial charge in [-0.3, -0.25) is 4.79 Å². The predicted octanol–water partition coefficient (Wildman–Crippen LogP) is 3.71. The third-order valence-electron chi connectivity index (χ3n) is 3.50. The van der Waals surface area contributed by atoms with Crippen LogP contribution in [0.4, 0.5) is 0 Å². The summed E-state index contributed by atoms with van der Waals surface area (Å²) in [6, 6.07) is 13.8. The molecular weight excluding hydrogens is 314 g/mol. The van der Waals surface area contributed by atoms with Crippen molar-refractivity contribution in [1.29, 1.82) is 5.26 Å². The number of hydrogen-bond acceptors (Lipinski definition) is 4. The van der Waals surface area contributed by atoms with Gasteiger partial charge in [0, 0.05) is 10.6 Å². The molecule has 23 heavy (non-hydrogen) atoms. The Labute approximate surface area is 137 Å². The van der Waals surface area contributed by atoms with Gasteiger partial charge in [0.1, 0.15) is 11.6 Å². The molecule has 0 aliphatic carbocycles. The number of aromatic amines is 1. The van der Waals surface area contributed by atoms with Crippen LogP contribution in [0.1, 0.15) is 22.1 Å². The Morgan fingerprint density at radius 2 is 2.04 bits per heavy atom. The molecule has 6 heteroatoms. The lowest BCUT2D eigenvalue weighted by Gasteiger charge is -2.06. The number of aromatic nitrogens is 2. The van der Waals surface area contributed by atoms with Gasteiger partial charge >= 0.3 is 0 Å². The molecule has 0 amide bonds. The van der Waals surface area contributed by atoms with Crippen molar-refractivity contribution in [3.63, 3.8) is 0 Å². The summed E-state index contributed by atoms with van der Waals surface area (Å²) in [5, 5.41) is 9.97. The SMILES string of the molecule is COc1ccc(C(=O)C(C#N)c2nc3ccc(Cl)cc3[nH]2)cc1. The van der Waals surface area contributed by atoms with Gasteiger partial charge in [-0.25, -0.2) is 4.98 Å². The number of carbonyl (C=O) groups excluding carboxylic acids is 1. The van der Waals surface area contributed by atoms with Crippen LogP contribution >= 0.6 is 11.6 Å². The minimum absolute atomic E-state index is 0.311. The molecule has 3 aromatic rings. The normalized spacial score (nSPS) is 11.9. The lowest BCUT2D eigenvalue weighted by atomic mass is 9.98. The second kappa shape index (κ2) is 6.11. The molecule has 3 rings (SSSR count). The van der Waals surface area contributed by atoms with Gasteiger partial charge in [0.15, 0.2) is 11.7 Å². The van der Waals surface area contributed by atoms with Crippen LogP contribution in [0.15, 0.2) is 42.5 Å². The molecule has 1 N–H and O–H groups in total. The molecular formula is C17H12ClN3O2. The van der Waals surface area contributed by atoms with Gasteiger partial charge in [0.25, 0.3) is 0 Å². The van der Waals surface area contributed by atoms with Crippen LogP contribution in [0.25, 0.3) is 11.0 Å². The zero-order valence-corrected chi connectivity index (χ0v) is 13.0. The van der Waals surface area contributed by atoms with E-state index in [4.69, 9.17) is 16.3 Å². The van der Waals surface area contributed by atoms with Gasteiger partial charge < -0.3 is 9.72 Å². The number of imidazole rings is 1. The van der Waals surface area contributed by atoms with Crippen molar-refractivity contribution in [2.45, 2.75) is 5.92 Å². The van der Waals surface area contributed by atoms with Gasteiger partial charge in [-0.05, 0) is 42.5 Å². The molecule has 0 saturated heterocycles. The topological polar surface area (TPSA) is 78.8 Å². The molecule has 0 aliphatic rings. The average molecular weight is 326 g/mol. The van der Waals surface area contributed by atoms with Gasteiger partial charge in [0.05, 0.1) is 24.2 Å². The maximum Gasteiger partial charge on any atom is 0.187 e. The maximum absolute atomic E-state index is 12.6. The number of nitriles is 1. The van der Waals surface area contributed by atoms with Crippen molar-refractivity contribution >= 4 is 28.4 Å². The van der Waals surface area contributed by atoms with Crippen LogP contribution in [-0.4, -0.2) is 22.9 Å². The molecule has 2 aromatic carbocycles. The van der Waals surface area contributed by atoms with E-state index < -0.39 is 5.92 Å². The molecule has 0 radical (unpaired) electrons. The smallest absolute Gasteiger partial charge is 0.187 e. The molecule has 0 fully saturated rings. The first-order chi connectivity index (χ1) is 11.1. The number of nitrogens with one attached hydrogen (secondary N) is 1. The van der Waals surface area contributed by atoms with Crippen LogP contribution in [0.3, 0.4) is 0 Å². The number of nitrogens with zero attached hydrogens (tertiary/aromatic N) is 2. The summed E-state index contributed by atoms with van der Waals surface area (Å²) in [4.78, 5) is 19.9. The monoisotopic (exact) mass is 325 g/mol. The summed E-state index contributed by atoms with van der Waals surface area (Å²) in [5.41, 5.74) is 1.78. The number of H-pyrrole nitrogens is 1. The number of methoxy groups -OCH3 is 1. The Bertz CT molecular complexity index is 910. The molecule has 114 valence electrons. The van der Waals surface area contributed by atoms with Crippen LogP contribution in [0.5, 0.6) is 5.75 Å². The zero-order valence-electron chi connectivity index (χ0n) is 12.2. The quantitative estimate of drug-likeness (QED) is 0.741. The number of benzene rings is 2. The molecule has 1 unspecified atom stereocenters. The number of hydrogen-bond donors (Lipinski definition) is 1. The third-order valence-corrected chi connectivity index (χ3v) is 3.74. The molecule has 1 atom stereocenters. The van der Waals surface area contributed by atoms with Crippen LogP contribution < -0.4 is 4.74 Å². The second-order valence-electron chi connectivity index (χ2n) is 4.94. The third kappa shape index (κ3) is 2.89. The number of ketones is 1. The summed E-state index contributed by atoms with van der Waals surface area (Å²) in [7, 11) is 1.55. The summed E-state index contributed by atoms with van der Waals surface area (Å²) < 4.78 is 5.06. The van der Waals surface area contributed by atoms with E-state index in [2.05, 4.69) is 9.97 Å². The van der Waals surface area contributed by atoms with Crippen molar-refractivity contribution in [3.05, 3.63) is 58.9 Å².